The van der Waals surface area contributed by atoms with Crippen LogP contribution in [0.5, 0.6) is 0 Å². The first-order chi connectivity index (χ1) is 8.49. The summed E-state index contributed by atoms with van der Waals surface area (Å²) >= 11 is 1.70. The van der Waals surface area contributed by atoms with Gasteiger partial charge in [0.15, 0.2) is 0 Å². The molecule has 18 heavy (non-hydrogen) atoms. The second-order valence-corrected chi connectivity index (χ2v) is 5.87. The van der Waals surface area contributed by atoms with Crippen molar-refractivity contribution < 1.29 is 14.7 Å². The Bertz CT molecular complexity index is 469. The maximum atomic E-state index is 11.9. The minimum absolute atomic E-state index is 0.0125. The number of carboxylic acids is 1. The molecule has 4 nitrogen and oxygen atoms in total. The third-order valence-corrected chi connectivity index (χ3v) is 4.39. The van der Waals surface area contributed by atoms with E-state index in [4.69, 9.17) is 5.11 Å². The average molecular weight is 267 g/mol. The molecule has 1 heterocycles. The lowest BCUT2D eigenvalue weighted by Gasteiger charge is -2.11. The zero-order chi connectivity index (χ0) is 13.3. The fourth-order valence-corrected chi connectivity index (χ4v) is 3.31. The lowest BCUT2D eigenvalue weighted by molar-refractivity contribution is -0.137. The molecule has 1 amide bonds. The van der Waals surface area contributed by atoms with Gasteiger partial charge in [-0.25, -0.2) is 0 Å². The van der Waals surface area contributed by atoms with Crippen LogP contribution in [0.25, 0.3) is 0 Å². The Morgan fingerprint density at radius 1 is 1.61 bits per heavy atom. The second-order valence-electron chi connectivity index (χ2n) is 4.92. The maximum absolute atomic E-state index is 11.9. The molecule has 1 aromatic heterocycles. The molecule has 1 fully saturated rings. The van der Waals surface area contributed by atoms with E-state index in [9.17, 15) is 9.59 Å². The van der Waals surface area contributed by atoms with E-state index in [0.29, 0.717) is 5.92 Å². The molecule has 0 spiro atoms. The number of hydrogen-bond donors (Lipinski definition) is 2. The lowest BCUT2D eigenvalue weighted by Crippen LogP contribution is -2.35. The molecule has 0 radical (unpaired) electrons. The number of carbonyl (C=O) groups is 2. The lowest BCUT2D eigenvalue weighted by atomic mass is 10.2. The van der Waals surface area contributed by atoms with E-state index in [2.05, 4.69) is 18.3 Å². The number of nitrogens with one attached hydrogen (secondary N) is 1. The van der Waals surface area contributed by atoms with Gasteiger partial charge in [0.1, 0.15) is 0 Å². The molecule has 1 aliphatic carbocycles. The number of aliphatic carboxylic acids is 1. The molecule has 2 rings (SSSR count). The molecule has 0 aliphatic heterocycles. The summed E-state index contributed by atoms with van der Waals surface area (Å²) in [5.74, 6) is -0.536. The number of amides is 1. The molecule has 1 saturated carbocycles. The summed E-state index contributed by atoms with van der Waals surface area (Å²) in [6.45, 7) is 3.78. The van der Waals surface area contributed by atoms with E-state index in [-0.39, 0.29) is 24.3 Å². The van der Waals surface area contributed by atoms with Crippen LogP contribution in [0.2, 0.25) is 0 Å². The summed E-state index contributed by atoms with van der Waals surface area (Å²) in [6.07, 6.45) is 0.855. The largest absolute Gasteiger partial charge is 0.481 e. The Kier molecular flexibility index (Phi) is 3.71. The van der Waals surface area contributed by atoms with Crippen LogP contribution in [-0.2, 0) is 9.59 Å². The standard InChI is InChI=1S/C13H17NO3S/c1-7-3-4-18-12(7)9-6-10(9)13(17)14-8(2)5-11(15)16/h3-4,8-10H,5-6H2,1-2H3,(H,14,17)(H,15,16)/t8-,9-,10-/m1/s1. The Balaban J connectivity index is 1.86. The zero-order valence-corrected chi connectivity index (χ0v) is 11.3. The van der Waals surface area contributed by atoms with Crippen LogP contribution >= 0.6 is 11.3 Å². The highest BCUT2D eigenvalue weighted by Crippen LogP contribution is 2.50. The van der Waals surface area contributed by atoms with Crippen molar-refractivity contribution in [3.8, 4) is 0 Å². The highest BCUT2D eigenvalue weighted by atomic mass is 32.1. The molecule has 98 valence electrons. The first kappa shape index (κ1) is 13.1. The Hall–Kier alpha value is -1.36. The van der Waals surface area contributed by atoms with Crippen LogP contribution in [0.1, 0.15) is 36.1 Å². The highest BCUT2D eigenvalue weighted by molar-refractivity contribution is 7.10. The van der Waals surface area contributed by atoms with Gasteiger partial charge >= 0.3 is 5.97 Å². The summed E-state index contributed by atoms with van der Waals surface area (Å²) < 4.78 is 0. The van der Waals surface area contributed by atoms with Crippen molar-refractivity contribution in [3.05, 3.63) is 21.9 Å². The monoisotopic (exact) mass is 267 g/mol. The summed E-state index contributed by atoms with van der Waals surface area (Å²) in [5, 5.41) is 13.5. The van der Waals surface area contributed by atoms with Crippen molar-refractivity contribution in [1.82, 2.24) is 5.32 Å². The normalized spacial score (nSPS) is 23.4. The van der Waals surface area contributed by atoms with Crippen molar-refractivity contribution in [2.45, 2.75) is 38.6 Å². The smallest absolute Gasteiger partial charge is 0.305 e. The number of carboxylic acid groups (broad SMARTS) is 1. The van der Waals surface area contributed by atoms with Gasteiger partial charge in [-0.1, -0.05) is 0 Å². The molecular formula is C13H17NO3S. The molecule has 0 aromatic carbocycles. The van der Waals surface area contributed by atoms with E-state index in [1.165, 1.54) is 10.4 Å². The maximum Gasteiger partial charge on any atom is 0.305 e. The second kappa shape index (κ2) is 5.10. The number of rotatable bonds is 5. The van der Waals surface area contributed by atoms with Gasteiger partial charge < -0.3 is 10.4 Å². The van der Waals surface area contributed by atoms with Gasteiger partial charge in [0.05, 0.1) is 6.42 Å². The molecular weight excluding hydrogens is 250 g/mol. The van der Waals surface area contributed by atoms with Crippen molar-refractivity contribution in [3.63, 3.8) is 0 Å². The summed E-state index contributed by atoms with van der Waals surface area (Å²) in [5.41, 5.74) is 1.25. The number of aryl methyl sites for hydroxylation is 1. The van der Waals surface area contributed by atoms with Crippen LogP contribution < -0.4 is 5.32 Å². The molecule has 0 bridgehead atoms. The topological polar surface area (TPSA) is 66.4 Å². The molecule has 3 atom stereocenters. The third kappa shape index (κ3) is 2.90. The van der Waals surface area contributed by atoms with E-state index < -0.39 is 5.97 Å². The zero-order valence-electron chi connectivity index (χ0n) is 10.5. The Morgan fingerprint density at radius 3 is 2.89 bits per heavy atom. The first-order valence-electron chi connectivity index (χ1n) is 6.05. The minimum Gasteiger partial charge on any atom is -0.481 e. The fourth-order valence-electron chi connectivity index (χ4n) is 2.20. The Morgan fingerprint density at radius 2 is 2.33 bits per heavy atom. The highest BCUT2D eigenvalue weighted by Gasteiger charge is 2.45. The Labute approximate surface area is 110 Å². The first-order valence-corrected chi connectivity index (χ1v) is 6.93. The predicted molar refractivity (Wildman–Crippen MR) is 69.8 cm³/mol. The van der Waals surface area contributed by atoms with Gasteiger partial charge in [-0.15, -0.1) is 11.3 Å². The summed E-state index contributed by atoms with van der Waals surface area (Å²) in [7, 11) is 0. The molecule has 1 aromatic rings. The van der Waals surface area contributed by atoms with E-state index >= 15 is 0 Å². The number of thiophene rings is 1. The average Bonchev–Trinajstić information content (AvgIpc) is 2.93. The quantitative estimate of drug-likeness (QED) is 0.859. The van der Waals surface area contributed by atoms with Crippen LogP contribution in [-0.4, -0.2) is 23.0 Å². The van der Waals surface area contributed by atoms with E-state index in [1.807, 2.05) is 5.38 Å². The third-order valence-electron chi connectivity index (χ3n) is 3.24. The molecule has 5 heteroatoms. The van der Waals surface area contributed by atoms with Gasteiger partial charge in [-0.3, -0.25) is 9.59 Å². The van der Waals surface area contributed by atoms with Gasteiger partial charge in [-0.05, 0) is 37.3 Å². The summed E-state index contributed by atoms with van der Waals surface area (Å²) in [4.78, 5) is 23.7. The predicted octanol–water partition coefficient (Wildman–Crippen LogP) is 2.14. The summed E-state index contributed by atoms with van der Waals surface area (Å²) in [6, 6.07) is 1.76. The molecule has 1 aliphatic rings. The SMILES string of the molecule is Cc1ccsc1[C@@H]1C[C@H]1C(=O)N[C@H](C)CC(=O)O. The van der Waals surface area contributed by atoms with Crippen molar-refractivity contribution in [1.29, 1.82) is 0 Å². The van der Waals surface area contributed by atoms with Gasteiger partial charge in [-0.2, -0.15) is 0 Å². The number of hydrogen-bond acceptors (Lipinski definition) is 3. The van der Waals surface area contributed by atoms with E-state index in [0.717, 1.165) is 6.42 Å². The van der Waals surface area contributed by atoms with Gasteiger partial charge in [0.25, 0.3) is 0 Å². The van der Waals surface area contributed by atoms with Crippen LogP contribution in [0.15, 0.2) is 11.4 Å². The van der Waals surface area contributed by atoms with Crippen LogP contribution in [0.3, 0.4) is 0 Å². The van der Waals surface area contributed by atoms with Crippen molar-refractivity contribution in [2.75, 3.05) is 0 Å². The van der Waals surface area contributed by atoms with Crippen LogP contribution in [0, 0.1) is 12.8 Å². The van der Waals surface area contributed by atoms with E-state index in [1.54, 1.807) is 18.3 Å². The number of carbonyl (C=O) groups excluding carboxylic acids is 1. The molecule has 0 unspecified atom stereocenters. The molecule has 0 saturated heterocycles. The molecule has 2 N–H and O–H groups in total. The minimum atomic E-state index is -0.885. The van der Waals surface area contributed by atoms with Crippen LogP contribution in [0.4, 0.5) is 0 Å². The van der Waals surface area contributed by atoms with Crippen molar-refractivity contribution in [2.24, 2.45) is 5.92 Å². The van der Waals surface area contributed by atoms with Gasteiger partial charge in [0, 0.05) is 22.8 Å². The fraction of sp³-hybridized carbons (Fsp3) is 0.538. The van der Waals surface area contributed by atoms with Crippen molar-refractivity contribution >= 4 is 23.2 Å². The van der Waals surface area contributed by atoms with Gasteiger partial charge in [0.2, 0.25) is 5.91 Å².